The number of rotatable bonds is 7. The van der Waals surface area contributed by atoms with Crippen LogP contribution in [0.5, 0.6) is 0 Å². The second-order valence-electron chi connectivity index (χ2n) is 7.74. The molecule has 29 heavy (non-hydrogen) atoms. The van der Waals surface area contributed by atoms with Crippen LogP contribution in [-0.2, 0) is 21.4 Å². The molecule has 1 aromatic rings. The van der Waals surface area contributed by atoms with Crippen molar-refractivity contribution < 1.29 is 18.0 Å². The lowest BCUT2D eigenvalue weighted by atomic mass is 10.0. The average Bonchev–Trinajstić information content (AvgIpc) is 3.24. The molecule has 0 aromatic heterocycles. The highest BCUT2D eigenvalue weighted by molar-refractivity contribution is 7.90. The minimum Gasteiger partial charge on any atom is -0.348 e. The third-order valence-corrected chi connectivity index (χ3v) is 7.60. The van der Waals surface area contributed by atoms with E-state index in [2.05, 4.69) is 16.6 Å². The van der Waals surface area contributed by atoms with Gasteiger partial charge >= 0.3 is 0 Å². The molecule has 1 saturated heterocycles. The summed E-state index contributed by atoms with van der Waals surface area (Å²) in [7, 11) is -3.46. The van der Waals surface area contributed by atoms with Crippen molar-refractivity contribution in [3.05, 3.63) is 48.0 Å². The van der Waals surface area contributed by atoms with Gasteiger partial charge in [0.25, 0.3) is 5.91 Å². The molecule has 1 aromatic carbocycles. The van der Waals surface area contributed by atoms with E-state index in [1.807, 2.05) is 0 Å². The van der Waals surface area contributed by atoms with Crippen molar-refractivity contribution >= 4 is 21.8 Å². The first-order valence-electron chi connectivity index (χ1n) is 10.2. The molecule has 7 nitrogen and oxygen atoms in total. The molecule has 3 rings (SSSR count). The predicted octanol–water partition coefficient (Wildman–Crippen LogP) is 1.96. The summed E-state index contributed by atoms with van der Waals surface area (Å²) >= 11 is 0. The van der Waals surface area contributed by atoms with Crippen molar-refractivity contribution in [3.63, 3.8) is 0 Å². The summed E-state index contributed by atoms with van der Waals surface area (Å²) in [5, 5.41) is 2.10. The Hall–Kier alpha value is -2.19. The van der Waals surface area contributed by atoms with E-state index in [1.165, 1.54) is 6.08 Å². The molecule has 2 N–H and O–H groups in total. The Morgan fingerprint density at radius 2 is 1.86 bits per heavy atom. The van der Waals surface area contributed by atoms with Crippen LogP contribution in [-0.4, -0.2) is 49.5 Å². The molecule has 2 fully saturated rings. The van der Waals surface area contributed by atoms with Crippen molar-refractivity contribution in [2.45, 2.75) is 56.4 Å². The lowest BCUT2D eigenvalue weighted by molar-refractivity contribution is -0.116. The van der Waals surface area contributed by atoms with Gasteiger partial charge < -0.3 is 10.2 Å². The summed E-state index contributed by atoms with van der Waals surface area (Å²) in [4.78, 5) is 26.2. The number of benzene rings is 1. The predicted molar refractivity (Wildman–Crippen MR) is 112 cm³/mol. The lowest BCUT2D eigenvalue weighted by Gasteiger charge is -2.33. The average molecular weight is 420 g/mol. The zero-order chi connectivity index (χ0) is 20.9. The molecule has 1 aliphatic carbocycles. The van der Waals surface area contributed by atoms with Gasteiger partial charge in [-0.2, -0.15) is 0 Å². The number of carbonyl (C=O) groups is 2. The van der Waals surface area contributed by atoms with E-state index in [1.54, 1.807) is 29.2 Å². The monoisotopic (exact) mass is 419 g/mol. The third-order valence-electron chi connectivity index (χ3n) is 5.68. The van der Waals surface area contributed by atoms with E-state index in [0.717, 1.165) is 25.7 Å². The van der Waals surface area contributed by atoms with Gasteiger partial charge in [-0.15, -0.1) is 0 Å². The van der Waals surface area contributed by atoms with Crippen molar-refractivity contribution in [2.75, 3.05) is 13.1 Å². The van der Waals surface area contributed by atoms with Gasteiger partial charge in [-0.25, -0.2) is 13.1 Å². The van der Waals surface area contributed by atoms with Crippen LogP contribution < -0.4 is 10.0 Å². The largest absolute Gasteiger partial charge is 0.348 e. The van der Waals surface area contributed by atoms with E-state index in [4.69, 9.17) is 0 Å². The fraction of sp³-hybridized carbons (Fsp3) is 0.524. The summed E-state index contributed by atoms with van der Waals surface area (Å²) in [6.07, 6.45) is 6.28. The molecule has 1 unspecified atom stereocenters. The molecule has 2 amide bonds. The molecule has 1 heterocycles. The van der Waals surface area contributed by atoms with Crippen LogP contribution >= 0.6 is 0 Å². The van der Waals surface area contributed by atoms with Crippen molar-refractivity contribution in [3.8, 4) is 0 Å². The SMILES string of the molecule is C=CC(=O)NCc1ccccc1C(=O)N1CCCC(S(=O)(=O)NC2CCCC2)C1. The Labute approximate surface area is 172 Å². The van der Waals surface area contributed by atoms with E-state index in [9.17, 15) is 18.0 Å². The second kappa shape index (κ2) is 9.54. The highest BCUT2D eigenvalue weighted by Crippen LogP contribution is 2.23. The zero-order valence-corrected chi connectivity index (χ0v) is 17.4. The van der Waals surface area contributed by atoms with Crippen LogP contribution in [0.4, 0.5) is 0 Å². The smallest absolute Gasteiger partial charge is 0.254 e. The van der Waals surface area contributed by atoms with E-state index >= 15 is 0 Å². The fourth-order valence-corrected chi connectivity index (χ4v) is 5.80. The molecule has 158 valence electrons. The topological polar surface area (TPSA) is 95.6 Å². The fourth-order valence-electron chi connectivity index (χ4n) is 4.06. The van der Waals surface area contributed by atoms with E-state index < -0.39 is 15.3 Å². The quantitative estimate of drug-likeness (QED) is 0.661. The molecule has 0 spiro atoms. The third kappa shape index (κ3) is 5.45. The Morgan fingerprint density at radius 1 is 1.14 bits per heavy atom. The number of amides is 2. The van der Waals surface area contributed by atoms with Crippen molar-refractivity contribution in [2.24, 2.45) is 0 Å². The van der Waals surface area contributed by atoms with Gasteiger partial charge in [0.15, 0.2) is 0 Å². The van der Waals surface area contributed by atoms with E-state index in [-0.39, 0.29) is 30.9 Å². The molecule has 1 aliphatic heterocycles. The second-order valence-corrected chi connectivity index (χ2v) is 9.73. The van der Waals surface area contributed by atoms with Gasteiger partial charge in [-0.05, 0) is 43.4 Å². The normalized spacial score (nSPS) is 20.4. The van der Waals surface area contributed by atoms with Crippen molar-refractivity contribution in [1.82, 2.24) is 14.9 Å². The van der Waals surface area contributed by atoms with Crippen LogP contribution in [0.15, 0.2) is 36.9 Å². The molecular weight excluding hydrogens is 390 g/mol. The molecule has 8 heteroatoms. The molecule has 1 atom stereocenters. The van der Waals surface area contributed by atoms with Crippen LogP contribution in [0.25, 0.3) is 0 Å². The van der Waals surface area contributed by atoms with Gasteiger partial charge in [0.05, 0.1) is 5.25 Å². The standard InChI is InChI=1S/C21H29N3O4S/c1-2-20(25)22-14-16-8-3-6-12-19(16)21(26)24-13-7-11-18(15-24)29(27,28)23-17-9-4-5-10-17/h2-3,6,8,12,17-18,23H,1,4-5,7,9-11,13-15H2,(H,22,25). The molecule has 0 bridgehead atoms. The molecule has 2 aliphatic rings. The Morgan fingerprint density at radius 3 is 2.59 bits per heavy atom. The van der Waals surface area contributed by atoms with Gasteiger partial charge in [-0.1, -0.05) is 37.6 Å². The van der Waals surface area contributed by atoms with Crippen LogP contribution in [0.1, 0.15) is 54.4 Å². The maximum atomic E-state index is 13.1. The first-order chi connectivity index (χ1) is 13.9. The highest BCUT2D eigenvalue weighted by Gasteiger charge is 2.35. The Bertz CT molecular complexity index is 862. The van der Waals surface area contributed by atoms with Crippen LogP contribution in [0.2, 0.25) is 0 Å². The number of hydrogen-bond donors (Lipinski definition) is 2. The summed E-state index contributed by atoms with van der Waals surface area (Å²) in [6.45, 7) is 4.35. The first kappa shape index (κ1) is 21.5. The number of likely N-dealkylation sites (tertiary alicyclic amines) is 1. The summed E-state index contributed by atoms with van der Waals surface area (Å²) in [6, 6.07) is 7.11. The number of carbonyl (C=O) groups excluding carboxylic acids is 2. The summed E-state index contributed by atoms with van der Waals surface area (Å²) in [5.41, 5.74) is 1.18. The number of nitrogens with one attached hydrogen (secondary N) is 2. The number of hydrogen-bond acceptors (Lipinski definition) is 4. The maximum Gasteiger partial charge on any atom is 0.254 e. The van der Waals surface area contributed by atoms with Crippen LogP contribution in [0, 0.1) is 0 Å². The summed E-state index contributed by atoms with van der Waals surface area (Å²) in [5.74, 6) is -0.511. The number of sulfonamides is 1. The van der Waals surface area contributed by atoms with Crippen molar-refractivity contribution in [1.29, 1.82) is 0 Å². The molecular formula is C21H29N3O4S. The van der Waals surface area contributed by atoms with Crippen LogP contribution in [0.3, 0.4) is 0 Å². The zero-order valence-electron chi connectivity index (χ0n) is 16.6. The molecule has 0 radical (unpaired) electrons. The number of nitrogens with zero attached hydrogens (tertiary/aromatic N) is 1. The first-order valence-corrected chi connectivity index (χ1v) is 11.7. The highest BCUT2D eigenvalue weighted by atomic mass is 32.2. The van der Waals surface area contributed by atoms with Gasteiger partial charge in [0.2, 0.25) is 15.9 Å². The van der Waals surface area contributed by atoms with Gasteiger partial charge in [-0.3, -0.25) is 9.59 Å². The maximum absolute atomic E-state index is 13.1. The van der Waals surface area contributed by atoms with E-state index in [0.29, 0.717) is 30.5 Å². The minimum atomic E-state index is -3.46. The Kier molecular flexibility index (Phi) is 7.08. The minimum absolute atomic E-state index is 0.0280. The van der Waals surface area contributed by atoms with Gasteiger partial charge in [0.1, 0.15) is 0 Å². The lowest BCUT2D eigenvalue weighted by Crippen LogP contribution is -2.50. The Balaban J connectivity index is 1.69. The van der Waals surface area contributed by atoms with Gasteiger partial charge in [0, 0.05) is 31.2 Å². The summed E-state index contributed by atoms with van der Waals surface area (Å²) < 4.78 is 28.5. The number of piperidine rings is 1. The molecule has 1 saturated carbocycles.